The van der Waals surface area contributed by atoms with E-state index in [0.717, 1.165) is 17.3 Å². The molecule has 0 N–H and O–H groups in total. The van der Waals surface area contributed by atoms with Crippen molar-refractivity contribution in [3.63, 3.8) is 0 Å². The average Bonchev–Trinajstić information content (AvgIpc) is 2.64. The Kier molecular flexibility index (Phi) is 12.8. The van der Waals surface area contributed by atoms with Crippen LogP contribution in [0.15, 0.2) is 91.0 Å². The summed E-state index contributed by atoms with van der Waals surface area (Å²) in [5, 5.41) is 0. The van der Waals surface area contributed by atoms with Crippen molar-refractivity contribution in [1.29, 1.82) is 0 Å². The summed E-state index contributed by atoms with van der Waals surface area (Å²) in [7, 11) is -0.554. The van der Waals surface area contributed by atoms with E-state index < -0.39 is 10.0 Å². The van der Waals surface area contributed by atoms with Crippen LogP contribution in [0, 0.1) is 0 Å². The van der Waals surface area contributed by atoms with Gasteiger partial charge < -0.3 is 0 Å². The van der Waals surface area contributed by atoms with Crippen LogP contribution in [0.4, 0.5) is 0 Å². The van der Waals surface area contributed by atoms with Crippen molar-refractivity contribution in [2.24, 2.45) is 0 Å². The minimum atomic E-state index is -0.877. The smallest absolute Gasteiger partial charge is 0.0622 e. The van der Waals surface area contributed by atoms with Crippen molar-refractivity contribution in [1.82, 2.24) is 0 Å². The first-order valence-corrected chi connectivity index (χ1v) is 56.6. The second kappa shape index (κ2) is 14.2. The van der Waals surface area contributed by atoms with Crippen molar-refractivity contribution in [3.8, 4) is 0 Å². The minimum absolute atomic E-state index is 0.323. The maximum atomic E-state index is 2.55. The monoisotopic (exact) mass is 888 g/mol. The molecule has 0 unspecified atom stereocenters. The number of hydrogen-bond acceptors (Lipinski definition) is 0. The summed E-state index contributed by atoms with van der Waals surface area (Å²) in [4.78, 5) is 0. The van der Waals surface area contributed by atoms with E-state index in [1.54, 1.807) is 0 Å². The van der Waals surface area contributed by atoms with Gasteiger partial charge in [0.15, 0.2) is 0 Å². The molecule has 0 radical (unpaired) electrons. The molecule has 3 rings (SSSR count). The maximum absolute atomic E-state index is 2.55. The molecule has 0 heterocycles. The van der Waals surface area contributed by atoms with E-state index in [1.165, 1.54) is 16.7 Å². The van der Waals surface area contributed by atoms with Gasteiger partial charge in [0.1, 0.15) is 17.3 Å². The first-order valence-electron chi connectivity index (χ1n) is 8.46. The van der Waals surface area contributed by atoms with Crippen LogP contribution in [-0.4, -0.2) is 0 Å². The van der Waals surface area contributed by atoms with Gasteiger partial charge in [-0.3, -0.25) is 0 Å². The molecule has 134 valence electrons. The van der Waals surface area contributed by atoms with Gasteiger partial charge in [0.2, 0.25) is 0 Å². The minimum Gasteiger partial charge on any atom is -0.0622 e. The summed E-state index contributed by atoms with van der Waals surface area (Å²) in [5.41, 5.74) is 4.33. The molecule has 0 aromatic heterocycles. The Morgan fingerprint density at radius 2 is 0.731 bits per heavy atom. The molecular formula is C21H21HgI3S. The van der Waals surface area contributed by atoms with Crippen LogP contribution in [0.2, 0.25) is 0 Å². The zero-order valence-electron chi connectivity index (χ0n) is 14.5. The summed E-state index contributed by atoms with van der Waals surface area (Å²) in [5.74, 6) is 3.47. The third-order valence-electron chi connectivity index (χ3n) is 3.64. The third-order valence-corrected chi connectivity index (χ3v) is 5.87. The fourth-order valence-corrected chi connectivity index (χ4v) is 4.88. The van der Waals surface area contributed by atoms with E-state index in [9.17, 15) is 0 Å². The summed E-state index contributed by atoms with van der Waals surface area (Å²) in [6.45, 7) is 0. The fourth-order valence-electron chi connectivity index (χ4n) is 2.58. The van der Waals surface area contributed by atoms with Crippen LogP contribution in [0.3, 0.4) is 0 Å². The standard InChI is InChI=1S/C21H21S.Hg.3HI/c1-4-10-19(11-5-1)16-22(17-20-12-6-2-7-13-20)18-21-14-8-3-9-15-21;;;;/h1-15H,16-18H2;;3*1H/q+1;+2;;;/p-3. The average molecular weight is 887 g/mol. The molecule has 0 spiro atoms. The Labute approximate surface area is 195 Å². The van der Waals surface area contributed by atoms with Gasteiger partial charge >= 0.3 is 63.0 Å². The van der Waals surface area contributed by atoms with Crippen LogP contribution >= 0.6 is 53.0 Å². The van der Waals surface area contributed by atoms with Crippen LogP contribution < -0.4 is 0 Å². The summed E-state index contributed by atoms with van der Waals surface area (Å²) < 4.78 is 0. The van der Waals surface area contributed by atoms with Crippen molar-refractivity contribution in [2.75, 3.05) is 0 Å². The Morgan fingerprint density at radius 3 is 0.962 bits per heavy atom. The van der Waals surface area contributed by atoms with Gasteiger partial charge in [-0.05, 0) is 0 Å². The van der Waals surface area contributed by atoms with Crippen molar-refractivity contribution < 1.29 is 10.0 Å². The Balaban J connectivity index is 0.000000552. The summed E-state index contributed by atoms with van der Waals surface area (Å²) in [6.07, 6.45) is 0. The summed E-state index contributed by atoms with van der Waals surface area (Å²) >= 11 is 7.64. The van der Waals surface area contributed by atoms with Crippen molar-refractivity contribution in [3.05, 3.63) is 108 Å². The van der Waals surface area contributed by atoms with Crippen LogP contribution in [0.25, 0.3) is 0 Å². The van der Waals surface area contributed by atoms with Gasteiger partial charge in [-0.2, -0.15) is 0 Å². The molecule has 0 aliphatic rings. The fraction of sp³-hybridized carbons (Fsp3) is 0.143. The maximum Gasteiger partial charge on any atom is 0.133 e. The van der Waals surface area contributed by atoms with Crippen LogP contribution in [-0.2, 0) is 38.2 Å². The number of hydrogen-bond donors (Lipinski definition) is 0. The second-order valence-electron chi connectivity index (χ2n) is 5.81. The Hall–Kier alpha value is 1.14. The van der Waals surface area contributed by atoms with Gasteiger partial charge in [0, 0.05) is 27.6 Å². The van der Waals surface area contributed by atoms with E-state index in [0.29, 0.717) is 10.9 Å². The molecule has 0 saturated heterocycles. The third kappa shape index (κ3) is 10.6. The Morgan fingerprint density at radius 1 is 0.500 bits per heavy atom. The number of rotatable bonds is 6. The molecule has 0 aliphatic carbocycles. The van der Waals surface area contributed by atoms with Crippen LogP contribution in [0.5, 0.6) is 0 Å². The van der Waals surface area contributed by atoms with E-state index in [2.05, 4.69) is 144 Å². The molecule has 0 atom stereocenters. The second-order valence-corrected chi connectivity index (χ2v) is 127. The molecule has 0 nitrogen and oxygen atoms in total. The summed E-state index contributed by atoms with van der Waals surface area (Å²) in [6, 6.07) is 32.6. The molecule has 0 amide bonds. The molecule has 3 aromatic carbocycles. The molecule has 26 heavy (non-hydrogen) atoms. The molecule has 5 heteroatoms. The largest absolute Gasteiger partial charge is 0.133 e. The molecular weight excluding hydrogens is 866 g/mol. The first-order chi connectivity index (χ1) is 12.6. The zero-order valence-corrected chi connectivity index (χ0v) is 27.3. The van der Waals surface area contributed by atoms with E-state index in [4.69, 9.17) is 0 Å². The normalized spacial score (nSPS) is 10.2. The predicted octanol–water partition coefficient (Wildman–Crippen LogP) is 7.86. The zero-order chi connectivity index (χ0) is 18.6. The van der Waals surface area contributed by atoms with Crippen LogP contribution in [0.1, 0.15) is 16.7 Å². The van der Waals surface area contributed by atoms with Gasteiger partial charge in [0.25, 0.3) is 0 Å². The topological polar surface area (TPSA) is 0 Å². The predicted molar refractivity (Wildman–Crippen MR) is 140 cm³/mol. The van der Waals surface area contributed by atoms with Crippen molar-refractivity contribution >= 4 is 63.9 Å². The molecule has 0 bridgehead atoms. The molecule has 0 aliphatic heterocycles. The van der Waals surface area contributed by atoms with E-state index in [-0.39, 0.29) is 0 Å². The van der Waals surface area contributed by atoms with Gasteiger partial charge in [-0.15, -0.1) is 0 Å². The van der Waals surface area contributed by atoms with Gasteiger partial charge in [0.05, 0.1) is 0 Å². The number of benzene rings is 3. The van der Waals surface area contributed by atoms with E-state index in [1.807, 2.05) is 0 Å². The molecule has 0 fully saturated rings. The van der Waals surface area contributed by atoms with Crippen molar-refractivity contribution in [2.45, 2.75) is 17.3 Å². The van der Waals surface area contributed by atoms with Gasteiger partial charge in [-0.25, -0.2) is 0 Å². The number of halogens is 3. The molecule has 0 saturated carbocycles. The molecule has 3 aromatic rings. The Bertz CT molecular complexity index is 623. The van der Waals surface area contributed by atoms with Gasteiger partial charge in [-0.1, -0.05) is 91.0 Å². The first kappa shape index (κ1) is 23.4. The SMILES string of the molecule is [I][Hg-]([I])[I].c1ccc(C[S+](Cc2ccccc2)Cc2ccccc2)cc1. The van der Waals surface area contributed by atoms with E-state index >= 15 is 0 Å². The quantitative estimate of drug-likeness (QED) is 0.135.